The van der Waals surface area contributed by atoms with Crippen LogP contribution in [-0.2, 0) is 19.2 Å². The van der Waals surface area contributed by atoms with Crippen molar-refractivity contribution >= 4 is 11.9 Å². The molecule has 7 heteroatoms. The normalized spacial score (nSPS) is 25.2. The van der Waals surface area contributed by atoms with Crippen molar-refractivity contribution in [3.63, 3.8) is 0 Å². The van der Waals surface area contributed by atoms with Gasteiger partial charge in [0.15, 0.2) is 6.10 Å². The monoisotopic (exact) mass is 261 g/mol. The average Bonchev–Trinajstić information content (AvgIpc) is 2.22. The molecule has 18 heavy (non-hydrogen) atoms. The summed E-state index contributed by atoms with van der Waals surface area (Å²) in [6, 6.07) is 0. The Kier molecular flexibility index (Phi) is 4.66. The SMILES string of the molecule is CC(C)(C)OC(=O)CCN1OC[C@@H](O)[C@@H](O)C1=O. The molecule has 2 atom stereocenters. The van der Waals surface area contributed by atoms with Crippen molar-refractivity contribution in [2.24, 2.45) is 0 Å². The maximum Gasteiger partial charge on any atom is 0.308 e. The molecule has 0 radical (unpaired) electrons. The van der Waals surface area contributed by atoms with Gasteiger partial charge in [0.2, 0.25) is 0 Å². The number of nitrogens with zero attached hydrogens (tertiary/aromatic N) is 1. The number of carbonyl (C=O) groups excluding carboxylic acids is 2. The van der Waals surface area contributed by atoms with Gasteiger partial charge in [0.25, 0.3) is 5.91 Å². The van der Waals surface area contributed by atoms with Crippen LogP contribution in [0.5, 0.6) is 0 Å². The minimum absolute atomic E-state index is 0.0163. The lowest BCUT2D eigenvalue weighted by Gasteiger charge is -2.32. The van der Waals surface area contributed by atoms with Gasteiger partial charge in [0.05, 0.1) is 13.0 Å². The molecule has 0 bridgehead atoms. The van der Waals surface area contributed by atoms with Crippen LogP contribution < -0.4 is 0 Å². The number of amides is 1. The summed E-state index contributed by atoms with van der Waals surface area (Å²) in [5.41, 5.74) is -0.584. The fourth-order valence-corrected chi connectivity index (χ4v) is 1.39. The van der Waals surface area contributed by atoms with Crippen molar-refractivity contribution in [3.8, 4) is 0 Å². The first-order chi connectivity index (χ1) is 8.20. The number of carbonyl (C=O) groups is 2. The Morgan fingerprint density at radius 2 is 2.11 bits per heavy atom. The highest BCUT2D eigenvalue weighted by Crippen LogP contribution is 2.12. The molecule has 1 saturated heterocycles. The van der Waals surface area contributed by atoms with Crippen molar-refractivity contribution in [1.82, 2.24) is 5.06 Å². The van der Waals surface area contributed by atoms with Crippen LogP contribution in [0.3, 0.4) is 0 Å². The Labute approximate surface area is 105 Å². The fourth-order valence-electron chi connectivity index (χ4n) is 1.39. The molecular formula is C11H19NO6. The lowest BCUT2D eigenvalue weighted by molar-refractivity contribution is -0.234. The van der Waals surface area contributed by atoms with Gasteiger partial charge >= 0.3 is 5.97 Å². The smallest absolute Gasteiger partial charge is 0.308 e. The van der Waals surface area contributed by atoms with E-state index in [-0.39, 0.29) is 19.6 Å². The zero-order chi connectivity index (χ0) is 13.9. The minimum atomic E-state index is -1.50. The van der Waals surface area contributed by atoms with Gasteiger partial charge in [-0.25, -0.2) is 5.06 Å². The zero-order valence-corrected chi connectivity index (χ0v) is 10.8. The van der Waals surface area contributed by atoms with Crippen molar-refractivity contribution < 1.29 is 29.4 Å². The topological polar surface area (TPSA) is 96.3 Å². The van der Waals surface area contributed by atoms with Crippen molar-refractivity contribution in [2.45, 2.75) is 45.0 Å². The molecule has 0 spiro atoms. The van der Waals surface area contributed by atoms with Crippen molar-refractivity contribution in [1.29, 1.82) is 0 Å². The van der Waals surface area contributed by atoms with Crippen LogP contribution in [0.1, 0.15) is 27.2 Å². The van der Waals surface area contributed by atoms with E-state index in [9.17, 15) is 19.8 Å². The number of ether oxygens (including phenoxy) is 1. The standard InChI is InChI=1S/C11H19NO6/c1-11(2,3)18-8(14)4-5-12-10(16)9(15)7(13)6-17-12/h7,9,13,15H,4-6H2,1-3H3/t7-,9-/m1/s1. The Balaban J connectivity index is 2.40. The van der Waals surface area contributed by atoms with E-state index in [4.69, 9.17) is 9.57 Å². The van der Waals surface area contributed by atoms with Gasteiger partial charge in [-0.2, -0.15) is 0 Å². The molecule has 1 amide bonds. The average molecular weight is 261 g/mol. The number of aliphatic hydroxyl groups excluding tert-OH is 2. The molecule has 1 rings (SSSR count). The van der Waals surface area contributed by atoms with E-state index in [0.29, 0.717) is 0 Å². The molecule has 0 unspecified atom stereocenters. The lowest BCUT2D eigenvalue weighted by Crippen LogP contribution is -2.53. The molecule has 2 N–H and O–H groups in total. The van der Waals surface area contributed by atoms with Gasteiger partial charge in [-0.15, -0.1) is 0 Å². The Morgan fingerprint density at radius 3 is 2.67 bits per heavy atom. The molecule has 1 aliphatic heterocycles. The van der Waals surface area contributed by atoms with Crippen molar-refractivity contribution in [2.75, 3.05) is 13.2 Å². The summed E-state index contributed by atoms with van der Waals surface area (Å²) >= 11 is 0. The van der Waals surface area contributed by atoms with Gasteiger partial charge in [-0.1, -0.05) is 0 Å². The summed E-state index contributed by atoms with van der Waals surface area (Å²) in [6.07, 6.45) is -2.76. The van der Waals surface area contributed by atoms with E-state index in [1.165, 1.54) is 0 Å². The van der Waals surface area contributed by atoms with Gasteiger partial charge in [-0.05, 0) is 20.8 Å². The van der Waals surface area contributed by atoms with E-state index in [2.05, 4.69) is 0 Å². The molecule has 7 nitrogen and oxygen atoms in total. The highest BCUT2D eigenvalue weighted by molar-refractivity contribution is 5.81. The number of rotatable bonds is 3. The van der Waals surface area contributed by atoms with Crippen molar-refractivity contribution in [3.05, 3.63) is 0 Å². The van der Waals surface area contributed by atoms with Crippen LogP contribution in [0.25, 0.3) is 0 Å². The summed E-state index contributed by atoms with van der Waals surface area (Å²) in [4.78, 5) is 27.8. The minimum Gasteiger partial charge on any atom is -0.460 e. The highest BCUT2D eigenvalue weighted by Gasteiger charge is 2.35. The van der Waals surface area contributed by atoms with Crippen LogP contribution >= 0.6 is 0 Å². The van der Waals surface area contributed by atoms with E-state index >= 15 is 0 Å². The van der Waals surface area contributed by atoms with Crippen LogP contribution in [0, 0.1) is 0 Å². The third-order valence-electron chi connectivity index (χ3n) is 2.20. The molecule has 0 aromatic carbocycles. The Morgan fingerprint density at radius 1 is 1.50 bits per heavy atom. The summed E-state index contributed by atoms with van der Waals surface area (Å²) in [5, 5.41) is 19.4. The number of hydroxylamine groups is 2. The maximum absolute atomic E-state index is 11.5. The number of aliphatic hydroxyl groups is 2. The van der Waals surface area contributed by atoms with Gasteiger partial charge in [0, 0.05) is 0 Å². The Bertz CT molecular complexity index is 324. The third-order valence-corrected chi connectivity index (χ3v) is 2.20. The van der Waals surface area contributed by atoms with Crippen LogP contribution in [0.2, 0.25) is 0 Å². The Hall–Kier alpha value is -1.18. The third kappa shape index (κ3) is 4.25. The van der Waals surface area contributed by atoms with Crippen LogP contribution in [-0.4, -0.2) is 58.1 Å². The second-order valence-electron chi connectivity index (χ2n) is 5.08. The molecule has 0 aromatic heterocycles. The van der Waals surface area contributed by atoms with E-state index in [0.717, 1.165) is 5.06 Å². The fraction of sp³-hybridized carbons (Fsp3) is 0.818. The summed E-state index contributed by atoms with van der Waals surface area (Å²) in [5.74, 6) is -1.21. The second kappa shape index (κ2) is 5.64. The van der Waals surface area contributed by atoms with Crippen LogP contribution in [0.4, 0.5) is 0 Å². The molecule has 0 aromatic rings. The predicted molar refractivity (Wildman–Crippen MR) is 60.1 cm³/mol. The van der Waals surface area contributed by atoms with E-state index < -0.39 is 29.7 Å². The molecular weight excluding hydrogens is 242 g/mol. The highest BCUT2D eigenvalue weighted by atomic mass is 16.7. The quantitative estimate of drug-likeness (QED) is 0.647. The lowest BCUT2D eigenvalue weighted by atomic mass is 10.2. The van der Waals surface area contributed by atoms with Crippen LogP contribution in [0.15, 0.2) is 0 Å². The van der Waals surface area contributed by atoms with Gasteiger partial charge in [0.1, 0.15) is 18.3 Å². The van der Waals surface area contributed by atoms with E-state index in [1.807, 2.05) is 0 Å². The van der Waals surface area contributed by atoms with E-state index in [1.54, 1.807) is 20.8 Å². The summed E-state index contributed by atoms with van der Waals surface area (Å²) in [7, 11) is 0. The number of esters is 1. The molecule has 0 aliphatic carbocycles. The first kappa shape index (κ1) is 14.9. The number of hydrogen-bond acceptors (Lipinski definition) is 6. The summed E-state index contributed by atoms with van der Waals surface area (Å²) in [6.45, 7) is 5.04. The first-order valence-electron chi connectivity index (χ1n) is 5.73. The molecule has 104 valence electrons. The molecule has 1 aliphatic rings. The first-order valence-corrected chi connectivity index (χ1v) is 5.73. The molecule has 1 fully saturated rings. The molecule has 1 heterocycles. The molecule has 0 saturated carbocycles. The number of hydrogen-bond donors (Lipinski definition) is 2. The predicted octanol–water partition coefficient (Wildman–Crippen LogP) is -0.786. The van der Waals surface area contributed by atoms with Gasteiger partial charge in [-0.3, -0.25) is 14.4 Å². The largest absolute Gasteiger partial charge is 0.460 e. The zero-order valence-electron chi connectivity index (χ0n) is 10.8. The maximum atomic E-state index is 11.5. The second-order valence-corrected chi connectivity index (χ2v) is 5.08. The van der Waals surface area contributed by atoms with Gasteiger partial charge < -0.3 is 14.9 Å². The summed E-state index contributed by atoms with van der Waals surface area (Å²) < 4.78 is 5.07.